The summed E-state index contributed by atoms with van der Waals surface area (Å²) in [5.74, 6) is 0. The van der Waals surface area contributed by atoms with Gasteiger partial charge in [-0.25, -0.2) is 0 Å². The maximum absolute atomic E-state index is 2.57. The molecule has 0 aromatic rings. The van der Waals surface area contributed by atoms with Crippen molar-refractivity contribution < 1.29 is 0 Å². The lowest BCUT2D eigenvalue weighted by atomic mass is 9.64. The van der Waals surface area contributed by atoms with E-state index in [1.165, 1.54) is 51.4 Å². The quantitative estimate of drug-likeness (QED) is 0.376. The van der Waals surface area contributed by atoms with E-state index in [1.807, 2.05) is 0 Å². The molecule has 1 atom stereocenters. The van der Waals surface area contributed by atoms with Crippen LogP contribution in [0, 0.1) is 21.7 Å². The molecule has 0 spiro atoms. The van der Waals surface area contributed by atoms with E-state index in [-0.39, 0.29) is 0 Å². The van der Waals surface area contributed by atoms with Crippen LogP contribution in [0.2, 0.25) is 0 Å². The molecule has 0 bridgehead atoms. The van der Waals surface area contributed by atoms with Crippen LogP contribution < -0.4 is 0 Å². The van der Waals surface area contributed by atoms with Crippen LogP contribution in [0.1, 0.15) is 121 Å². The summed E-state index contributed by atoms with van der Waals surface area (Å²) >= 11 is 0. The molecule has 0 heteroatoms. The minimum Gasteiger partial charge on any atom is -0.0654 e. The molecule has 0 saturated carbocycles. The van der Waals surface area contributed by atoms with Crippen molar-refractivity contribution in [2.24, 2.45) is 21.7 Å². The third-order valence-electron chi connectivity index (χ3n) is 4.78. The standard InChI is InChI=1S/C22H46/c1-11-12-13-14-22(10,16-15-19(2,3)4)18-21(8,9)17-20(5,6)7/h11-18H2,1-10H3. The summed E-state index contributed by atoms with van der Waals surface area (Å²) in [7, 11) is 0. The monoisotopic (exact) mass is 310 g/mol. The van der Waals surface area contributed by atoms with Gasteiger partial charge in [0.2, 0.25) is 0 Å². The lowest BCUT2D eigenvalue weighted by Gasteiger charge is -2.42. The summed E-state index contributed by atoms with van der Waals surface area (Å²) < 4.78 is 0. The smallest absolute Gasteiger partial charge is 0.0321 e. The highest BCUT2D eigenvalue weighted by atomic mass is 14.4. The van der Waals surface area contributed by atoms with Crippen molar-refractivity contribution in [2.45, 2.75) is 121 Å². The lowest BCUT2D eigenvalue weighted by molar-refractivity contribution is 0.0949. The van der Waals surface area contributed by atoms with Crippen molar-refractivity contribution in [3.8, 4) is 0 Å². The van der Waals surface area contributed by atoms with Gasteiger partial charge in [-0.2, -0.15) is 0 Å². The predicted octanol–water partition coefficient (Wildman–Crippen LogP) is 8.25. The molecule has 0 aromatic heterocycles. The third kappa shape index (κ3) is 11.6. The van der Waals surface area contributed by atoms with Crippen LogP contribution in [-0.4, -0.2) is 0 Å². The highest BCUT2D eigenvalue weighted by Crippen LogP contribution is 2.47. The fourth-order valence-electron chi connectivity index (χ4n) is 4.43. The summed E-state index contributed by atoms with van der Waals surface area (Å²) in [5.41, 5.74) is 1.84. The van der Waals surface area contributed by atoms with E-state index in [1.54, 1.807) is 0 Å². The Hall–Kier alpha value is 0. The number of rotatable bonds is 9. The van der Waals surface area contributed by atoms with Gasteiger partial charge in [-0.1, -0.05) is 88.5 Å². The Morgan fingerprint density at radius 2 is 1.09 bits per heavy atom. The summed E-state index contributed by atoms with van der Waals surface area (Å²) in [6, 6.07) is 0. The molecular formula is C22H46. The highest BCUT2D eigenvalue weighted by Gasteiger charge is 2.35. The van der Waals surface area contributed by atoms with Crippen molar-refractivity contribution in [2.75, 3.05) is 0 Å². The second kappa shape index (κ2) is 8.20. The van der Waals surface area contributed by atoms with Crippen molar-refractivity contribution in [1.82, 2.24) is 0 Å². The van der Waals surface area contributed by atoms with Gasteiger partial charge < -0.3 is 0 Å². The normalized spacial score (nSPS) is 16.6. The molecule has 0 aromatic carbocycles. The average molecular weight is 311 g/mol. The Balaban J connectivity index is 4.89. The zero-order valence-corrected chi connectivity index (χ0v) is 17.7. The molecule has 0 fully saturated rings. The van der Waals surface area contributed by atoms with Crippen molar-refractivity contribution in [1.29, 1.82) is 0 Å². The molecule has 0 aliphatic carbocycles. The maximum atomic E-state index is 2.57. The van der Waals surface area contributed by atoms with Gasteiger partial charge in [0.15, 0.2) is 0 Å². The molecule has 0 radical (unpaired) electrons. The summed E-state index contributed by atoms with van der Waals surface area (Å²) in [6.07, 6.45) is 11.0. The largest absolute Gasteiger partial charge is 0.0654 e. The molecule has 0 saturated heterocycles. The van der Waals surface area contributed by atoms with Gasteiger partial charge in [-0.05, 0) is 53.8 Å². The minimum atomic E-state index is 0.428. The molecule has 0 nitrogen and oxygen atoms in total. The summed E-state index contributed by atoms with van der Waals surface area (Å²) in [5, 5.41) is 0. The van der Waals surface area contributed by atoms with Crippen molar-refractivity contribution >= 4 is 0 Å². The van der Waals surface area contributed by atoms with Crippen LogP contribution in [0.25, 0.3) is 0 Å². The third-order valence-corrected chi connectivity index (χ3v) is 4.78. The molecule has 0 amide bonds. The Kier molecular flexibility index (Phi) is 8.20. The van der Waals surface area contributed by atoms with Crippen LogP contribution in [-0.2, 0) is 0 Å². The maximum Gasteiger partial charge on any atom is -0.0321 e. The van der Waals surface area contributed by atoms with Gasteiger partial charge in [0, 0.05) is 0 Å². The average Bonchev–Trinajstić information content (AvgIpc) is 2.21. The number of hydrogen-bond donors (Lipinski definition) is 0. The zero-order valence-electron chi connectivity index (χ0n) is 17.7. The topological polar surface area (TPSA) is 0 Å². The van der Waals surface area contributed by atoms with E-state index in [4.69, 9.17) is 0 Å². The zero-order chi connectivity index (χ0) is 17.7. The fraction of sp³-hybridized carbons (Fsp3) is 1.00. The molecule has 0 heterocycles. The molecule has 0 N–H and O–H groups in total. The van der Waals surface area contributed by atoms with Crippen LogP contribution in [0.15, 0.2) is 0 Å². The second-order valence-corrected chi connectivity index (χ2v) is 11.4. The van der Waals surface area contributed by atoms with Gasteiger partial charge in [0.05, 0.1) is 0 Å². The van der Waals surface area contributed by atoms with Gasteiger partial charge >= 0.3 is 0 Å². The van der Waals surface area contributed by atoms with E-state index in [9.17, 15) is 0 Å². The van der Waals surface area contributed by atoms with Crippen LogP contribution in [0.5, 0.6) is 0 Å². The SMILES string of the molecule is CCCCCC(C)(CCC(C)(C)C)CC(C)(C)CC(C)(C)C. The van der Waals surface area contributed by atoms with Gasteiger partial charge in [0.1, 0.15) is 0 Å². The van der Waals surface area contributed by atoms with E-state index < -0.39 is 0 Å². The fourth-order valence-corrected chi connectivity index (χ4v) is 4.43. The van der Waals surface area contributed by atoms with Crippen molar-refractivity contribution in [3.05, 3.63) is 0 Å². The molecule has 0 rings (SSSR count). The van der Waals surface area contributed by atoms with Crippen LogP contribution in [0.3, 0.4) is 0 Å². The van der Waals surface area contributed by atoms with E-state index >= 15 is 0 Å². The molecule has 0 aliphatic heterocycles. The first-order valence-electron chi connectivity index (χ1n) is 9.68. The molecule has 22 heavy (non-hydrogen) atoms. The highest BCUT2D eigenvalue weighted by molar-refractivity contribution is 4.86. The molecule has 134 valence electrons. The number of hydrogen-bond acceptors (Lipinski definition) is 0. The lowest BCUT2D eigenvalue weighted by Crippen LogP contribution is -2.30. The molecule has 1 unspecified atom stereocenters. The number of unbranched alkanes of at least 4 members (excludes halogenated alkanes) is 2. The van der Waals surface area contributed by atoms with E-state index in [0.717, 1.165) is 0 Å². The van der Waals surface area contributed by atoms with E-state index in [2.05, 4.69) is 69.2 Å². The predicted molar refractivity (Wildman–Crippen MR) is 103 cm³/mol. The van der Waals surface area contributed by atoms with Gasteiger partial charge in [0.25, 0.3) is 0 Å². The Bertz CT molecular complexity index is 297. The Morgan fingerprint density at radius 3 is 1.50 bits per heavy atom. The van der Waals surface area contributed by atoms with Gasteiger partial charge in [-0.15, -0.1) is 0 Å². The van der Waals surface area contributed by atoms with E-state index in [0.29, 0.717) is 21.7 Å². The summed E-state index contributed by atoms with van der Waals surface area (Å²) in [6.45, 7) is 24.2. The Morgan fingerprint density at radius 1 is 0.545 bits per heavy atom. The second-order valence-electron chi connectivity index (χ2n) is 11.4. The first-order chi connectivity index (χ1) is 9.68. The minimum absolute atomic E-state index is 0.428. The van der Waals surface area contributed by atoms with Crippen LogP contribution >= 0.6 is 0 Å². The first kappa shape index (κ1) is 22.0. The van der Waals surface area contributed by atoms with Crippen LogP contribution in [0.4, 0.5) is 0 Å². The Labute approximate surface area is 142 Å². The molecule has 0 aliphatic rings. The van der Waals surface area contributed by atoms with Crippen molar-refractivity contribution in [3.63, 3.8) is 0 Å². The summed E-state index contributed by atoms with van der Waals surface area (Å²) in [4.78, 5) is 0. The molecular weight excluding hydrogens is 264 g/mol. The van der Waals surface area contributed by atoms with Gasteiger partial charge in [-0.3, -0.25) is 0 Å². The first-order valence-corrected chi connectivity index (χ1v) is 9.68.